The lowest BCUT2D eigenvalue weighted by Crippen LogP contribution is -2.58. The van der Waals surface area contributed by atoms with Gasteiger partial charge in [-0.2, -0.15) is 0 Å². The number of imidazole rings is 1. The third kappa shape index (κ3) is 9.79. The fourth-order valence-corrected chi connectivity index (χ4v) is 2.98. The Balaban J connectivity index is 3.10. The maximum absolute atomic E-state index is 12.9. The number of nitrogens with one attached hydrogen (secondary N) is 4. The number of carboxylic acids is 3. The molecule has 194 valence electrons. The fraction of sp³-hybridized carbons (Fsp3) is 0.550. The second kappa shape index (κ2) is 13.6. The van der Waals surface area contributed by atoms with E-state index in [9.17, 15) is 33.9 Å². The van der Waals surface area contributed by atoms with Crippen molar-refractivity contribution in [2.24, 2.45) is 11.7 Å². The Labute approximate surface area is 199 Å². The molecule has 1 aromatic heterocycles. The topological polar surface area (TPSA) is 254 Å². The standard InChI is InChI=1S/C20H30N6O9/c1-3-9(2)16(20(34)35)26-19(33)12(4-10-7-22-8-23-10)25-18(32)13(6-15(29)30)24-17(31)11(21)5-14(27)28/h7-9,11-13,16H,3-6,21H2,1-2H3,(H,22,23)(H,24,31)(H,25,32)(H,26,33)(H,27,28)(H,29,30)(H,34,35). The van der Waals surface area contributed by atoms with Gasteiger partial charge in [-0.25, -0.2) is 9.78 Å². The van der Waals surface area contributed by atoms with Gasteiger partial charge in [0.25, 0.3) is 0 Å². The maximum atomic E-state index is 12.9. The molecule has 15 nitrogen and oxygen atoms in total. The number of carboxylic acid groups (broad SMARTS) is 3. The normalized spacial score (nSPS) is 15.1. The minimum atomic E-state index is -1.69. The number of amides is 3. The van der Waals surface area contributed by atoms with Crippen molar-refractivity contribution in [3.63, 3.8) is 0 Å². The van der Waals surface area contributed by atoms with Gasteiger partial charge in [-0.1, -0.05) is 20.3 Å². The molecule has 0 aliphatic heterocycles. The lowest BCUT2D eigenvalue weighted by atomic mass is 9.98. The highest BCUT2D eigenvalue weighted by atomic mass is 16.4. The highest BCUT2D eigenvalue weighted by molar-refractivity contribution is 5.96. The summed E-state index contributed by atoms with van der Waals surface area (Å²) in [6, 6.07) is -5.86. The summed E-state index contributed by atoms with van der Waals surface area (Å²) in [7, 11) is 0. The van der Waals surface area contributed by atoms with Crippen molar-refractivity contribution in [1.29, 1.82) is 0 Å². The van der Waals surface area contributed by atoms with Crippen LogP contribution in [0.2, 0.25) is 0 Å². The molecule has 0 saturated heterocycles. The molecule has 3 amide bonds. The first-order valence-corrected chi connectivity index (χ1v) is 10.7. The van der Waals surface area contributed by atoms with Crippen LogP contribution in [0.15, 0.2) is 12.5 Å². The highest BCUT2D eigenvalue weighted by Gasteiger charge is 2.33. The smallest absolute Gasteiger partial charge is 0.326 e. The van der Waals surface area contributed by atoms with E-state index in [-0.39, 0.29) is 6.42 Å². The predicted molar refractivity (Wildman–Crippen MR) is 118 cm³/mol. The Kier molecular flexibility index (Phi) is 11.3. The molecule has 0 aromatic carbocycles. The summed E-state index contributed by atoms with van der Waals surface area (Å²) < 4.78 is 0. The van der Waals surface area contributed by atoms with Crippen molar-refractivity contribution >= 4 is 35.6 Å². The van der Waals surface area contributed by atoms with Crippen LogP contribution in [0, 0.1) is 5.92 Å². The van der Waals surface area contributed by atoms with Crippen LogP contribution in [0.4, 0.5) is 0 Å². The van der Waals surface area contributed by atoms with E-state index in [2.05, 4.69) is 25.9 Å². The molecule has 0 fully saturated rings. The van der Waals surface area contributed by atoms with Crippen LogP contribution in [0.1, 0.15) is 38.8 Å². The molecule has 1 rings (SSSR count). The van der Waals surface area contributed by atoms with Gasteiger partial charge in [0.2, 0.25) is 17.7 Å². The van der Waals surface area contributed by atoms with Crippen molar-refractivity contribution in [2.45, 2.75) is 63.7 Å². The molecular weight excluding hydrogens is 468 g/mol. The van der Waals surface area contributed by atoms with Gasteiger partial charge >= 0.3 is 17.9 Å². The molecule has 5 atom stereocenters. The average molecular weight is 498 g/mol. The third-order valence-electron chi connectivity index (χ3n) is 5.13. The summed E-state index contributed by atoms with van der Waals surface area (Å²) in [5.74, 6) is -7.56. The van der Waals surface area contributed by atoms with E-state index in [1.54, 1.807) is 13.8 Å². The molecule has 0 bridgehead atoms. The number of rotatable bonds is 15. The van der Waals surface area contributed by atoms with E-state index in [1.165, 1.54) is 12.5 Å². The number of carbonyl (C=O) groups is 6. The zero-order chi connectivity index (χ0) is 26.7. The van der Waals surface area contributed by atoms with Gasteiger partial charge in [0.15, 0.2) is 0 Å². The van der Waals surface area contributed by atoms with E-state index in [4.69, 9.17) is 15.9 Å². The lowest BCUT2D eigenvalue weighted by Gasteiger charge is -2.26. The number of aromatic nitrogens is 2. The van der Waals surface area contributed by atoms with Crippen LogP contribution in [0.3, 0.4) is 0 Å². The molecule has 1 aromatic rings. The van der Waals surface area contributed by atoms with Gasteiger partial charge < -0.3 is 42.0 Å². The summed E-state index contributed by atoms with van der Waals surface area (Å²) in [4.78, 5) is 78.1. The zero-order valence-electron chi connectivity index (χ0n) is 19.2. The van der Waals surface area contributed by atoms with Gasteiger partial charge in [0.05, 0.1) is 25.2 Å². The minimum Gasteiger partial charge on any atom is -0.481 e. The molecule has 1 heterocycles. The minimum absolute atomic E-state index is 0.156. The molecule has 0 spiro atoms. The zero-order valence-corrected chi connectivity index (χ0v) is 19.2. The Morgan fingerprint density at radius 2 is 1.51 bits per heavy atom. The molecule has 0 aliphatic rings. The molecule has 0 aliphatic carbocycles. The number of hydrogen-bond donors (Lipinski definition) is 8. The first-order valence-electron chi connectivity index (χ1n) is 10.7. The first-order chi connectivity index (χ1) is 16.3. The number of nitrogens with zero attached hydrogens (tertiary/aromatic N) is 1. The summed E-state index contributed by atoms with van der Waals surface area (Å²) in [6.07, 6.45) is 1.33. The molecule has 0 radical (unpaired) electrons. The van der Waals surface area contributed by atoms with E-state index in [1.807, 2.05) is 0 Å². The predicted octanol–water partition coefficient (Wildman–Crippen LogP) is -2.19. The van der Waals surface area contributed by atoms with Crippen LogP contribution in [-0.2, 0) is 35.2 Å². The molecule has 15 heteroatoms. The third-order valence-corrected chi connectivity index (χ3v) is 5.13. The molecule has 5 unspecified atom stereocenters. The van der Waals surface area contributed by atoms with E-state index >= 15 is 0 Å². The summed E-state index contributed by atoms with van der Waals surface area (Å²) in [6.45, 7) is 3.37. The van der Waals surface area contributed by atoms with Crippen LogP contribution in [0.25, 0.3) is 0 Å². The van der Waals surface area contributed by atoms with E-state index in [0.29, 0.717) is 12.1 Å². The van der Waals surface area contributed by atoms with Crippen molar-refractivity contribution < 1.29 is 44.1 Å². The maximum Gasteiger partial charge on any atom is 0.326 e. The number of carbonyl (C=O) groups excluding carboxylic acids is 3. The number of hydrogen-bond acceptors (Lipinski definition) is 8. The second-order valence-corrected chi connectivity index (χ2v) is 7.92. The molecule has 0 saturated carbocycles. The Morgan fingerprint density at radius 1 is 0.943 bits per heavy atom. The van der Waals surface area contributed by atoms with Crippen LogP contribution >= 0.6 is 0 Å². The SMILES string of the molecule is CCC(C)C(NC(=O)C(Cc1cnc[nH]1)NC(=O)C(CC(=O)O)NC(=O)C(N)CC(=O)O)C(=O)O. The average Bonchev–Trinajstić information content (AvgIpc) is 3.27. The van der Waals surface area contributed by atoms with Crippen molar-refractivity contribution in [3.8, 4) is 0 Å². The first kappa shape index (κ1) is 29.0. The van der Waals surface area contributed by atoms with Crippen molar-refractivity contribution in [3.05, 3.63) is 18.2 Å². The Hall–Kier alpha value is -4.01. The molecular formula is C20H30N6O9. The molecule has 9 N–H and O–H groups in total. The second-order valence-electron chi connectivity index (χ2n) is 7.92. The fourth-order valence-electron chi connectivity index (χ4n) is 2.98. The molecule has 35 heavy (non-hydrogen) atoms. The van der Waals surface area contributed by atoms with Crippen molar-refractivity contribution in [2.75, 3.05) is 0 Å². The van der Waals surface area contributed by atoms with Crippen LogP contribution < -0.4 is 21.7 Å². The van der Waals surface area contributed by atoms with Gasteiger partial charge in [-0.3, -0.25) is 24.0 Å². The van der Waals surface area contributed by atoms with Gasteiger partial charge in [0, 0.05) is 18.3 Å². The monoisotopic (exact) mass is 498 g/mol. The summed E-state index contributed by atoms with van der Waals surface area (Å²) >= 11 is 0. The quantitative estimate of drug-likeness (QED) is 0.129. The van der Waals surface area contributed by atoms with E-state index < -0.39 is 78.6 Å². The Bertz CT molecular complexity index is 920. The van der Waals surface area contributed by atoms with Crippen LogP contribution in [0.5, 0.6) is 0 Å². The van der Waals surface area contributed by atoms with Gasteiger partial charge in [-0.05, 0) is 5.92 Å². The van der Waals surface area contributed by atoms with Gasteiger partial charge in [0.1, 0.15) is 18.1 Å². The Morgan fingerprint density at radius 3 is 2.00 bits per heavy atom. The lowest BCUT2D eigenvalue weighted by molar-refractivity contribution is -0.144. The van der Waals surface area contributed by atoms with Crippen molar-refractivity contribution in [1.82, 2.24) is 25.9 Å². The highest BCUT2D eigenvalue weighted by Crippen LogP contribution is 2.09. The number of aliphatic carboxylic acids is 3. The number of nitrogens with two attached hydrogens (primary N) is 1. The van der Waals surface area contributed by atoms with Crippen LogP contribution in [-0.4, -0.2) is 85.1 Å². The summed E-state index contributed by atoms with van der Waals surface area (Å²) in [5, 5.41) is 34.1. The van der Waals surface area contributed by atoms with E-state index in [0.717, 1.165) is 0 Å². The summed E-state index contributed by atoms with van der Waals surface area (Å²) in [5.41, 5.74) is 5.86. The number of aromatic amines is 1. The number of H-pyrrole nitrogens is 1. The largest absolute Gasteiger partial charge is 0.481 e. The van der Waals surface area contributed by atoms with Gasteiger partial charge in [-0.15, -0.1) is 0 Å².